The Labute approximate surface area is 165 Å². The molecule has 2 aliphatic heterocycles. The summed E-state index contributed by atoms with van der Waals surface area (Å²) in [5.74, 6) is 0.868. The SMILES string of the molecule is CCC(=O)N1CCc2[nH]cnc2C12CCN(Cc1ccc(OC)c(O)c1)CC2. The first-order valence-electron chi connectivity index (χ1n) is 9.99. The Balaban J connectivity index is 1.51. The molecule has 2 aliphatic rings. The van der Waals surface area contributed by atoms with Gasteiger partial charge >= 0.3 is 0 Å². The van der Waals surface area contributed by atoms with Gasteiger partial charge in [-0.2, -0.15) is 0 Å². The van der Waals surface area contributed by atoms with Crippen molar-refractivity contribution in [2.24, 2.45) is 0 Å². The monoisotopic (exact) mass is 384 g/mol. The van der Waals surface area contributed by atoms with E-state index in [1.165, 1.54) is 5.69 Å². The number of phenolic OH excluding ortho intramolecular Hbond substituents is 1. The van der Waals surface area contributed by atoms with Gasteiger partial charge in [-0.1, -0.05) is 13.0 Å². The van der Waals surface area contributed by atoms with Gasteiger partial charge < -0.3 is 19.7 Å². The summed E-state index contributed by atoms with van der Waals surface area (Å²) in [5, 5.41) is 10.0. The van der Waals surface area contributed by atoms with Crippen molar-refractivity contribution < 1.29 is 14.6 Å². The van der Waals surface area contributed by atoms with Crippen LogP contribution >= 0.6 is 0 Å². The second-order valence-electron chi connectivity index (χ2n) is 7.69. The molecule has 1 aromatic carbocycles. The van der Waals surface area contributed by atoms with E-state index in [0.717, 1.165) is 56.7 Å². The fourth-order valence-electron chi connectivity index (χ4n) is 4.71. The Morgan fingerprint density at radius 2 is 2.11 bits per heavy atom. The van der Waals surface area contributed by atoms with Gasteiger partial charge in [-0.25, -0.2) is 4.98 Å². The van der Waals surface area contributed by atoms with E-state index in [4.69, 9.17) is 4.74 Å². The fraction of sp³-hybridized carbons (Fsp3) is 0.524. The number of likely N-dealkylation sites (tertiary alicyclic amines) is 1. The van der Waals surface area contributed by atoms with E-state index in [-0.39, 0.29) is 17.2 Å². The van der Waals surface area contributed by atoms with Gasteiger partial charge in [-0.3, -0.25) is 9.69 Å². The van der Waals surface area contributed by atoms with Gasteiger partial charge in [0.25, 0.3) is 0 Å². The van der Waals surface area contributed by atoms with Crippen molar-refractivity contribution in [1.82, 2.24) is 19.8 Å². The topological polar surface area (TPSA) is 81.7 Å². The normalized spacial score (nSPS) is 18.9. The van der Waals surface area contributed by atoms with Crippen molar-refractivity contribution in [3.05, 3.63) is 41.5 Å². The number of hydrogen-bond acceptors (Lipinski definition) is 5. The molecule has 2 N–H and O–H groups in total. The molecule has 28 heavy (non-hydrogen) atoms. The Morgan fingerprint density at radius 3 is 2.79 bits per heavy atom. The number of amides is 1. The average Bonchev–Trinajstić information content (AvgIpc) is 3.20. The molecule has 1 saturated heterocycles. The van der Waals surface area contributed by atoms with Gasteiger partial charge in [0.15, 0.2) is 11.5 Å². The van der Waals surface area contributed by atoms with Crippen molar-refractivity contribution in [1.29, 1.82) is 0 Å². The van der Waals surface area contributed by atoms with Gasteiger partial charge in [-0.15, -0.1) is 0 Å². The number of aromatic amines is 1. The van der Waals surface area contributed by atoms with Gasteiger partial charge in [0.1, 0.15) is 0 Å². The standard InChI is InChI=1S/C21H28N4O3/c1-3-19(27)25-9-6-16-20(23-14-22-16)21(25)7-10-24(11-8-21)13-15-4-5-18(28-2)17(26)12-15/h4-5,12,14,26H,3,6-11,13H2,1-2H3,(H,22,23). The molecule has 0 radical (unpaired) electrons. The molecule has 4 rings (SSSR count). The molecular formula is C21H28N4O3. The minimum absolute atomic E-state index is 0.168. The molecule has 1 spiro atoms. The van der Waals surface area contributed by atoms with Crippen molar-refractivity contribution in [2.75, 3.05) is 26.7 Å². The highest BCUT2D eigenvalue weighted by Gasteiger charge is 2.48. The number of aromatic nitrogens is 2. The minimum Gasteiger partial charge on any atom is -0.504 e. The van der Waals surface area contributed by atoms with E-state index in [2.05, 4.69) is 19.8 Å². The second-order valence-corrected chi connectivity index (χ2v) is 7.69. The molecule has 0 atom stereocenters. The number of aromatic hydroxyl groups is 1. The molecule has 0 saturated carbocycles. The highest BCUT2D eigenvalue weighted by Crippen LogP contribution is 2.42. The van der Waals surface area contributed by atoms with Crippen LogP contribution in [0.25, 0.3) is 0 Å². The van der Waals surface area contributed by atoms with E-state index in [1.807, 2.05) is 13.0 Å². The zero-order valence-electron chi connectivity index (χ0n) is 16.6. The summed E-state index contributed by atoms with van der Waals surface area (Å²) < 4.78 is 5.12. The number of piperidine rings is 1. The maximum absolute atomic E-state index is 12.7. The number of hydrogen-bond donors (Lipinski definition) is 2. The highest BCUT2D eigenvalue weighted by atomic mass is 16.5. The van der Waals surface area contributed by atoms with Gasteiger partial charge in [0.2, 0.25) is 5.91 Å². The van der Waals surface area contributed by atoms with Crippen LogP contribution in [0, 0.1) is 0 Å². The van der Waals surface area contributed by atoms with Crippen LogP contribution < -0.4 is 4.74 Å². The third-order valence-electron chi connectivity index (χ3n) is 6.20. The predicted molar refractivity (Wildman–Crippen MR) is 105 cm³/mol. The molecular weight excluding hydrogens is 356 g/mol. The number of nitrogens with zero attached hydrogens (tertiary/aromatic N) is 3. The smallest absolute Gasteiger partial charge is 0.223 e. The summed E-state index contributed by atoms with van der Waals surface area (Å²) in [7, 11) is 1.55. The summed E-state index contributed by atoms with van der Waals surface area (Å²) in [5.41, 5.74) is 3.00. The van der Waals surface area contributed by atoms with Crippen LogP contribution in [0.1, 0.15) is 43.1 Å². The second kappa shape index (κ2) is 7.47. The molecule has 7 nitrogen and oxygen atoms in total. The minimum atomic E-state index is -0.292. The van der Waals surface area contributed by atoms with Gasteiger partial charge in [-0.05, 0) is 30.5 Å². The number of ether oxygens (including phenoxy) is 1. The Hall–Kier alpha value is -2.54. The number of imidazole rings is 1. The zero-order chi connectivity index (χ0) is 19.7. The van der Waals surface area contributed by atoms with Crippen LogP contribution in [-0.2, 0) is 23.3 Å². The number of carbonyl (C=O) groups excluding carboxylic acids is 1. The van der Waals surface area contributed by atoms with E-state index in [9.17, 15) is 9.90 Å². The number of H-pyrrole nitrogens is 1. The molecule has 1 aromatic heterocycles. The van der Waals surface area contributed by atoms with Crippen molar-refractivity contribution in [2.45, 2.75) is 44.7 Å². The molecule has 0 aliphatic carbocycles. The lowest BCUT2D eigenvalue weighted by Crippen LogP contribution is -2.58. The molecule has 2 aromatic rings. The Morgan fingerprint density at radius 1 is 1.32 bits per heavy atom. The maximum Gasteiger partial charge on any atom is 0.223 e. The molecule has 0 bridgehead atoms. The molecule has 0 unspecified atom stereocenters. The van der Waals surface area contributed by atoms with Gasteiger partial charge in [0, 0.05) is 44.7 Å². The van der Waals surface area contributed by atoms with Crippen molar-refractivity contribution >= 4 is 5.91 Å². The summed E-state index contributed by atoms with van der Waals surface area (Å²) in [6.45, 7) is 5.22. The number of benzene rings is 1. The first kappa shape index (κ1) is 18.8. The zero-order valence-corrected chi connectivity index (χ0v) is 16.6. The first-order valence-corrected chi connectivity index (χ1v) is 9.99. The third kappa shape index (κ3) is 3.13. The maximum atomic E-state index is 12.7. The largest absolute Gasteiger partial charge is 0.504 e. The molecule has 1 fully saturated rings. The van der Waals surface area contributed by atoms with E-state index >= 15 is 0 Å². The van der Waals surface area contributed by atoms with E-state index in [0.29, 0.717) is 12.2 Å². The number of rotatable bonds is 4. The van der Waals surface area contributed by atoms with Gasteiger partial charge in [0.05, 0.1) is 24.7 Å². The van der Waals surface area contributed by atoms with Crippen LogP contribution in [0.15, 0.2) is 24.5 Å². The summed E-state index contributed by atoms with van der Waals surface area (Å²) >= 11 is 0. The summed E-state index contributed by atoms with van der Waals surface area (Å²) in [4.78, 5) is 25.0. The Kier molecular flexibility index (Phi) is 5.02. The van der Waals surface area contributed by atoms with Crippen LogP contribution in [0.5, 0.6) is 11.5 Å². The number of phenols is 1. The number of carbonyl (C=O) groups is 1. The van der Waals surface area contributed by atoms with E-state index in [1.54, 1.807) is 25.6 Å². The molecule has 3 heterocycles. The molecule has 150 valence electrons. The highest BCUT2D eigenvalue weighted by molar-refractivity contribution is 5.77. The van der Waals surface area contributed by atoms with Crippen LogP contribution in [0.2, 0.25) is 0 Å². The lowest BCUT2D eigenvalue weighted by Gasteiger charge is -2.50. The lowest BCUT2D eigenvalue weighted by atomic mass is 9.78. The summed E-state index contributed by atoms with van der Waals surface area (Å²) in [6, 6.07) is 5.56. The third-order valence-corrected chi connectivity index (χ3v) is 6.20. The van der Waals surface area contributed by atoms with Crippen LogP contribution in [0.3, 0.4) is 0 Å². The van der Waals surface area contributed by atoms with E-state index < -0.39 is 0 Å². The molecule has 7 heteroatoms. The molecule has 1 amide bonds. The number of nitrogens with one attached hydrogen (secondary N) is 1. The number of fused-ring (bicyclic) bond motifs is 2. The quantitative estimate of drug-likeness (QED) is 0.846. The van der Waals surface area contributed by atoms with Crippen molar-refractivity contribution in [3.63, 3.8) is 0 Å². The fourth-order valence-corrected chi connectivity index (χ4v) is 4.71. The summed E-state index contributed by atoms with van der Waals surface area (Å²) in [6.07, 6.45) is 4.88. The van der Waals surface area contributed by atoms with Crippen LogP contribution in [0.4, 0.5) is 0 Å². The lowest BCUT2D eigenvalue weighted by molar-refractivity contribution is -0.141. The van der Waals surface area contributed by atoms with Crippen LogP contribution in [-0.4, -0.2) is 57.5 Å². The van der Waals surface area contributed by atoms with Crippen molar-refractivity contribution in [3.8, 4) is 11.5 Å². The number of methoxy groups -OCH3 is 1. The predicted octanol–water partition coefficient (Wildman–Crippen LogP) is 2.41. The first-order chi connectivity index (χ1) is 13.6. The average molecular weight is 384 g/mol. The Bertz CT molecular complexity index is 855.